The van der Waals surface area contributed by atoms with Crippen LogP contribution in [0.4, 0.5) is 5.82 Å². The highest BCUT2D eigenvalue weighted by Gasteiger charge is 2.29. The van der Waals surface area contributed by atoms with Crippen LogP contribution in [0.1, 0.15) is 36.3 Å². The molecule has 0 radical (unpaired) electrons. The molecular weight excluding hydrogens is 388 g/mol. The number of nitrogens with zero attached hydrogens (tertiary/aromatic N) is 5. The summed E-state index contributed by atoms with van der Waals surface area (Å²) in [6, 6.07) is 4.03. The third kappa shape index (κ3) is 4.45. The molecule has 4 rings (SSSR count). The minimum absolute atomic E-state index is 0.0827. The van der Waals surface area contributed by atoms with Crippen LogP contribution in [0.5, 0.6) is 0 Å². The Morgan fingerprint density at radius 3 is 3.07 bits per heavy atom. The first-order valence-electron chi connectivity index (χ1n) is 9.85. The number of rotatable bonds is 6. The van der Waals surface area contributed by atoms with Gasteiger partial charge in [0.15, 0.2) is 5.82 Å². The van der Waals surface area contributed by atoms with Gasteiger partial charge >= 0.3 is 0 Å². The Hall–Kier alpha value is -2.81. The molecule has 0 bridgehead atoms. The lowest BCUT2D eigenvalue weighted by Gasteiger charge is -2.33. The Labute approximate surface area is 173 Å². The highest BCUT2D eigenvalue weighted by molar-refractivity contribution is 7.09. The fourth-order valence-electron chi connectivity index (χ4n) is 3.47. The topological polar surface area (TPSA) is 97.0 Å². The summed E-state index contributed by atoms with van der Waals surface area (Å²) in [4.78, 5) is 29.4. The highest BCUT2D eigenvalue weighted by Crippen LogP contribution is 2.31. The molecule has 0 aliphatic carbocycles. The third-order valence-corrected chi connectivity index (χ3v) is 5.89. The molecule has 3 aromatic rings. The number of amides is 1. The average Bonchev–Trinajstić information content (AvgIpc) is 3.44. The van der Waals surface area contributed by atoms with Crippen molar-refractivity contribution in [3.8, 4) is 11.5 Å². The zero-order chi connectivity index (χ0) is 20.2. The van der Waals surface area contributed by atoms with Gasteiger partial charge in [-0.25, -0.2) is 9.97 Å². The molecule has 1 amide bonds. The maximum Gasteiger partial charge on any atom is 0.263 e. The van der Waals surface area contributed by atoms with E-state index in [9.17, 15) is 4.79 Å². The van der Waals surface area contributed by atoms with Crippen molar-refractivity contribution in [3.63, 3.8) is 0 Å². The van der Waals surface area contributed by atoms with Crippen LogP contribution in [0, 0.1) is 12.8 Å². The predicted molar refractivity (Wildman–Crippen MR) is 111 cm³/mol. The smallest absolute Gasteiger partial charge is 0.263 e. The molecule has 1 unspecified atom stereocenters. The highest BCUT2D eigenvalue weighted by atomic mass is 32.1. The van der Waals surface area contributed by atoms with Crippen LogP contribution in [0.3, 0.4) is 0 Å². The number of aryl methyl sites for hydroxylation is 2. The minimum Gasteiger partial charge on any atom is -0.355 e. The van der Waals surface area contributed by atoms with Gasteiger partial charge in [-0.3, -0.25) is 4.79 Å². The molecule has 9 heteroatoms. The number of hydrogen-bond acceptors (Lipinski definition) is 8. The first kappa shape index (κ1) is 19.5. The van der Waals surface area contributed by atoms with Crippen LogP contribution in [-0.2, 0) is 17.8 Å². The van der Waals surface area contributed by atoms with Crippen LogP contribution in [0.2, 0.25) is 0 Å². The van der Waals surface area contributed by atoms with E-state index in [1.54, 1.807) is 17.5 Å². The van der Waals surface area contributed by atoms with Crippen molar-refractivity contribution < 1.29 is 9.32 Å². The fraction of sp³-hybridized carbons (Fsp3) is 0.450. The zero-order valence-corrected chi connectivity index (χ0v) is 17.4. The molecule has 0 saturated carbocycles. The standard InChI is InChI=1S/C20H24N6O2S/c1-3-17-24-20(28-25-17)16-11-21-13(2)23-18(16)26-8-4-6-14(12-26)19(27)22-10-15-7-5-9-29-15/h5,7,9,11,14H,3-4,6,8,10,12H2,1-2H3,(H,22,27). The maximum absolute atomic E-state index is 12.7. The SMILES string of the molecule is CCc1noc(-c2cnc(C)nc2N2CCCC(C(=O)NCc3cccs3)C2)n1. The Morgan fingerprint density at radius 2 is 2.31 bits per heavy atom. The number of piperidine rings is 1. The van der Waals surface area contributed by atoms with E-state index >= 15 is 0 Å². The normalized spacial score (nSPS) is 16.8. The number of thiophene rings is 1. The van der Waals surface area contributed by atoms with Crippen LogP contribution in [0.15, 0.2) is 28.2 Å². The van der Waals surface area contributed by atoms with E-state index in [-0.39, 0.29) is 11.8 Å². The second-order valence-electron chi connectivity index (χ2n) is 7.11. The van der Waals surface area contributed by atoms with E-state index in [1.165, 1.54) is 0 Å². The second-order valence-corrected chi connectivity index (χ2v) is 8.14. The largest absolute Gasteiger partial charge is 0.355 e. The van der Waals surface area contributed by atoms with Gasteiger partial charge in [0.25, 0.3) is 5.89 Å². The van der Waals surface area contributed by atoms with Gasteiger partial charge in [0.2, 0.25) is 5.91 Å². The summed E-state index contributed by atoms with van der Waals surface area (Å²) in [6.45, 7) is 5.84. The number of nitrogens with one attached hydrogen (secondary N) is 1. The van der Waals surface area contributed by atoms with Gasteiger partial charge in [0.1, 0.15) is 17.2 Å². The van der Waals surface area contributed by atoms with E-state index in [4.69, 9.17) is 4.52 Å². The van der Waals surface area contributed by atoms with Crippen molar-refractivity contribution in [1.82, 2.24) is 25.4 Å². The van der Waals surface area contributed by atoms with Crippen molar-refractivity contribution in [1.29, 1.82) is 0 Å². The lowest BCUT2D eigenvalue weighted by Crippen LogP contribution is -2.43. The number of anilines is 1. The number of aromatic nitrogens is 4. The van der Waals surface area contributed by atoms with E-state index in [0.717, 1.165) is 30.1 Å². The molecule has 1 aliphatic heterocycles. The minimum atomic E-state index is -0.0827. The van der Waals surface area contributed by atoms with Gasteiger partial charge in [0.05, 0.1) is 12.5 Å². The van der Waals surface area contributed by atoms with Gasteiger partial charge in [-0.05, 0) is 31.2 Å². The summed E-state index contributed by atoms with van der Waals surface area (Å²) in [7, 11) is 0. The zero-order valence-electron chi connectivity index (χ0n) is 16.6. The van der Waals surface area contributed by atoms with Crippen LogP contribution < -0.4 is 10.2 Å². The quantitative estimate of drug-likeness (QED) is 0.665. The summed E-state index contributed by atoms with van der Waals surface area (Å²) in [5, 5.41) is 9.07. The molecule has 1 N–H and O–H groups in total. The molecule has 1 atom stereocenters. The summed E-state index contributed by atoms with van der Waals surface area (Å²) < 4.78 is 5.42. The van der Waals surface area contributed by atoms with Crippen molar-refractivity contribution >= 4 is 23.1 Å². The molecule has 29 heavy (non-hydrogen) atoms. The number of carbonyl (C=O) groups is 1. The summed E-state index contributed by atoms with van der Waals surface area (Å²) >= 11 is 1.65. The van der Waals surface area contributed by atoms with Gasteiger partial charge < -0.3 is 14.7 Å². The Kier molecular flexibility index (Phi) is 5.84. The van der Waals surface area contributed by atoms with Crippen LogP contribution >= 0.6 is 11.3 Å². The molecular formula is C20H24N6O2S. The predicted octanol–water partition coefficient (Wildman–Crippen LogP) is 2.99. The molecule has 1 fully saturated rings. The second kappa shape index (κ2) is 8.69. The molecule has 3 aromatic heterocycles. The van der Waals surface area contributed by atoms with E-state index in [1.807, 2.05) is 31.4 Å². The molecule has 1 saturated heterocycles. The monoisotopic (exact) mass is 412 g/mol. The molecule has 1 aliphatic rings. The van der Waals surface area contributed by atoms with Gasteiger partial charge in [0, 0.05) is 30.6 Å². The fourth-order valence-corrected chi connectivity index (χ4v) is 4.12. The molecule has 0 aromatic carbocycles. The van der Waals surface area contributed by atoms with Crippen LogP contribution in [-0.4, -0.2) is 39.1 Å². The lowest BCUT2D eigenvalue weighted by molar-refractivity contribution is -0.125. The Morgan fingerprint density at radius 1 is 1.41 bits per heavy atom. The molecule has 152 valence electrons. The van der Waals surface area contributed by atoms with E-state index in [0.29, 0.717) is 42.6 Å². The van der Waals surface area contributed by atoms with Crippen molar-refractivity contribution in [3.05, 3.63) is 40.2 Å². The maximum atomic E-state index is 12.7. The van der Waals surface area contributed by atoms with Crippen molar-refractivity contribution in [2.75, 3.05) is 18.0 Å². The molecule has 8 nitrogen and oxygen atoms in total. The van der Waals surface area contributed by atoms with Crippen molar-refractivity contribution in [2.45, 2.75) is 39.7 Å². The third-order valence-electron chi connectivity index (χ3n) is 5.01. The van der Waals surface area contributed by atoms with E-state index < -0.39 is 0 Å². The summed E-state index contributed by atoms with van der Waals surface area (Å²) in [5.74, 6) is 2.49. The number of carbonyl (C=O) groups excluding carboxylic acids is 1. The van der Waals surface area contributed by atoms with E-state index in [2.05, 4.69) is 30.3 Å². The average molecular weight is 413 g/mol. The van der Waals surface area contributed by atoms with Crippen molar-refractivity contribution in [2.24, 2.45) is 5.92 Å². The summed E-state index contributed by atoms with van der Waals surface area (Å²) in [6.07, 6.45) is 4.21. The lowest BCUT2D eigenvalue weighted by atomic mass is 9.96. The van der Waals surface area contributed by atoms with Gasteiger partial charge in [-0.1, -0.05) is 18.1 Å². The Bertz CT molecular complexity index is 971. The Balaban J connectivity index is 1.51. The first-order valence-corrected chi connectivity index (χ1v) is 10.7. The molecule has 4 heterocycles. The van der Waals surface area contributed by atoms with Gasteiger partial charge in [-0.15, -0.1) is 11.3 Å². The molecule has 0 spiro atoms. The first-order chi connectivity index (χ1) is 14.1. The summed E-state index contributed by atoms with van der Waals surface area (Å²) in [5.41, 5.74) is 0.711. The number of hydrogen-bond donors (Lipinski definition) is 1. The van der Waals surface area contributed by atoms with Gasteiger partial charge in [-0.2, -0.15) is 4.98 Å². The van der Waals surface area contributed by atoms with Crippen LogP contribution in [0.25, 0.3) is 11.5 Å².